The zero-order chi connectivity index (χ0) is 13.1. The number of fused-ring (bicyclic) bond motifs is 1. The van der Waals surface area contributed by atoms with E-state index in [4.69, 9.17) is 4.74 Å². The molecule has 0 unspecified atom stereocenters. The van der Waals surface area contributed by atoms with Crippen LogP contribution in [0.3, 0.4) is 0 Å². The first-order chi connectivity index (χ1) is 9.38. The van der Waals surface area contributed by atoms with Crippen LogP contribution in [-0.2, 0) is 0 Å². The Bertz CT molecular complexity index is 564. The quantitative estimate of drug-likeness (QED) is 0.913. The highest BCUT2D eigenvalue weighted by Crippen LogP contribution is 2.28. The molecule has 0 radical (unpaired) electrons. The van der Waals surface area contributed by atoms with Crippen LogP contribution in [0.5, 0.6) is 5.75 Å². The molecule has 0 aliphatic carbocycles. The summed E-state index contributed by atoms with van der Waals surface area (Å²) in [5.74, 6) is 0.916. The molecule has 0 spiro atoms. The average Bonchev–Trinajstić information content (AvgIpc) is 2.48. The third-order valence-corrected chi connectivity index (χ3v) is 3.46. The van der Waals surface area contributed by atoms with Crippen LogP contribution in [0.4, 0.5) is 5.69 Å². The Morgan fingerprint density at radius 3 is 2.89 bits per heavy atom. The SMILES string of the molecule is CCOc1ccc2nccc(N3CCNCC3)c2c1. The van der Waals surface area contributed by atoms with Gasteiger partial charge in [-0.1, -0.05) is 0 Å². The molecule has 3 rings (SSSR count). The molecule has 1 saturated heterocycles. The second-order valence-electron chi connectivity index (χ2n) is 4.68. The summed E-state index contributed by atoms with van der Waals surface area (Å²) >= 11 is 0. The first-order valence-electron chi connectivity index (χ1n) is 6.85. The van der Waals surface area contributed by atoms with Crippen LogP contribution in [0.1, 0.15) is 6.92 Å². The second kappa shape index (κ2) is 5.45. The fourth-order valence-electron chi connectivity index (χ4n) is 2.55. The fourth-order valence-corrected chi connectivity index (χ4v) is 2.55. The molecule has 4 heteroatoms. The fraction of sp³-hybridized carbons (Fsp3) is 0.400. The van der Waals surface area contributed by atoms with E-state index in [0.717, 1.165) is 37.4 Å². The van der Waals surface area contributed by atoms with Gasteiger partial charge in [0.15, 0.2) is 0 Å². The zero-order valence-electron chi connectivity index (χ0n) is 11.2. The van der Waals surface area contributed by atoms with Crippen LogP contribution in [-0.4, -0.2) is 37.8 Å². The van der Waals surface area contributed by atoms with E-state index in [1.807, 2.05) is 25.3 Å². The largest absolute Gasteiger partial charge is 0.494 e. The summed E-state index contributed by atoms with van der Waals surface area (Å²) in [7, 11) is 0. The molecule has 19 heavy (non-hydrogen) atoms. The summed E-state index contributed by atoms with van der Waals surface area (Å²) in [5.41, 5.74) is 2.28. The molecule has 2 aromatic rings. The molecule has 2 heterocycles. The number of rotatable bonds is 3. The first-order valence-corrected chi connectivity index (χ1v) is 6.85. The minimum atomic E-state index is 0.689. The number of hydrogen-bond acceptors (Lipinski definition) is 4. The van der Waals surface area contributed by atoms with E-state index in [2.05, 4.69) is 27.3 Å². The molecule has 1 fully saturated rings. The lowest BCUT2D eigenvalue weighted by atomic mass is 10.1. The summed E-state index contributed by atoms with van der Waals surface area (Å²) in [6.45, 7) is 6.85. The minimum absolute atomic E-state index is 0.689. The van der Waals surface area contributed by atoms with Gasteiger partial charge in [0.05, 0.1) is 12.1 Å². The molecule has 4 nitrogen and oxygen atoms in total. The van der Waals surface area contributed by atoms with E-state index < -0.39 is 0 Å². The van der Waals surface area contributed by atoms with Gasteiger partial charge in [0.25, 0.3) is 0 Å². The van der Waals surface area contributed by atoms with Crippen LogP contribution in [0.25, 0.3) is 10.9 Å². The van der Waals surface area contributed by atoms with Gasteiger partial charge in [0.2, 0.25) is 0 Å². The lowest BCUT2D eigenvalue weighted by Crippen LogP contribution is -2.43. The molecule has 1 N–H and O–H groups in total. The Labute approximate surface area is 113 Å². The Morgan fingerprint density at radius 1 is 1.26 bits per heavy atom. The van der Waals surface area contributed by atoms with Crippen LogP contribution in [0.2, 0.25) is 0 Å². The van der Waals surface area contributed by atoms with Crippen molar-refractivity contribution in [1.82, 2.24) is 10.3 Å². The van der Waals surface area contributed by atoms with E-state index in [1.165, 1.54) is 11.1 Å². The molecule has 0 amide bonds. The minimum Gasteiger partial charge on any atom is -0.494 e. The van der Waals surface area contributed by atoms with Crippen LogP contribution < -0.4 is 15.0 Å². The van der Waals surface area contributed by atoms with Gasteiger partial charge in [-0.25, -0.2) is 0 Å². The highest BCUT2D eigenvalue weighted by atomic mass is 16.5. The normalized spacial score (nSPS) is 15.7. The maximum absolute atomic E-state index is 5.60. The predicted octanol–water partition coefficient (Wildman–Crippen LogP) is 2.04. The number of piperazine rings is 1. The summed E-state index contributed by atoms with van der Waals surface area (Å²) in [6, 6.07) is 8.22. The van der Waals surface area contributed by atoms with Crippen molar-refractivity contribution in [2.75, 3.05) is 37.7 Å². The molecular weight excluding hydrogens is 238 g/mol. The lowest BCUT2D eigenvalue weighted by Gasteiger charge is -2.30. The van der Waals surface area contributed by atoms with Gasteiger partial charge < -0.3 is 15.0 Å². The summed E-state index contributed by atoms with van der Waals surface area (Å²) < 4.78 is 5.60. The van der Waals surface area contributed by atoms with Crippen molar-refractivity contribution in [3.63, 3.8) is 0 Å². The van der Waals surface area contributed by atoms with Gasteiger partial charge >= 0.3 is 0 Å². The molecule has 1 aromatic heterocycles. The van der Waals surface area contributed by atoms with Crippen molar-refractivity contribution in [1.29, 1.82) is 0 Å². The standard InChI is InChI=1S/C15H19N3O/c1-2-19-12-3-4-14-13(11-12)15(5-6-17-14)18-9-7-16-8-10-18/h3-6,11,16H,2,7-10H2,1H3. The zero-order valence-corrected chi connectivity index (χ0v) is 11.2. The number of nitrogens with one attached hydrogen (secondary N) is 1. The van der Waals surface area contributed by atoms with Crippen molar-refractivity contribution in [3.8, 4) is 5.75 Å². The molecule has 1 aliphatic rings. The Balaban J connectivity index is 2.04. The Hall–Kier alpha value is -1.81. The number of anilines is 1. The third-order valence-electron chi connectivity index (χ3n) is 3.46. The van der Waals surface area contributed by atoms with E-state index in [0.29, 0.717) is 6.61 Å². The summed E-state index contributed by atoms with van der Waals surface area (Å²) in [5, 5.41) is 4.56. The molecule has 1 aliphatic heterocycles. The topological polar surface area (TPSA) is 37.4 Å². The van der Waals surface area contributed by atoms with Gasteiger partial charge in [0, 0.05) is 43.4 Å². The number of pyridine rings is 1. The van der Waals surface area contributed by atoms with Crippen molar-refractivity contribution in [2.45, 2.75) is 6.92 Å². The maximum atomic E-state index is 5.60. The van der Waals surface area contributed by atoms with Crippen molar-refractivity contribution >= 4 is 16.6 Å². The molecule has 0 saturated carbocycles. The smallest absolute Gasteiger partial charge is 0.120 e. The molecule has 0 bridgehead atoms. The van der Waals surface area contributed by atoms with Crippen molar-refractivity contribution < 1.29 is 4.74 Å². The number of hydrogen-bond donors (Lipinski definition) is 1. The van der Waals surface area contributed by atoms with E-state index in [-0.39, 0.29) is 0 Å². The number of benzene rings is 1. The van der Waals surface area contributed by atoms with Crippen LogP contribution in [0, 0.1) is 0 Å². The van der Waals surface area contributed by atoms with Crippen LogP contribution >= 0.6 is 0 Å². The summed E-state index contributed by atoms with van der Waals surface area (Å²) in [4.78, 5) is 6.85. The highest BCUT2D eigenvalue weighted by Gasteiger charge is 2.13. The van der Waals surface area contributed by atoms with Crippen LogP contribution in [0.15, 0.2) is 30.5 Å². The van der Waals surface area contributed by atoms with Gasteiger partial charge in [-0.2, -0.15) is 0 Å². The predicted molar refractivity (Wildman–Crippen MR) is 78.0 cm³/mol. The van der Waals surface area contributed by atoms with E-state index in [9.17, 15) is 0 Å². The second-order valence-corrected chi connectivity index (χ2v) is 4.68. The summed E-state index contributed by atoms with van der Waals surface area (Å²) in [6.07, 6.45) is 1.89. The van der Waals surface area contributed by atoms with Gasteiger partial charge in [-0.05, 0) is 31.2 Å². The van der Waals surface area contributed by atoms with Gasteiger partial charge in [-0.15, -0.1) is 0 Å². The van der Waals surface area contributed by atoms with Crippen molar-refractivity contribution in [3.05, 3.63) is 30.5 Å². The number of ether oxygens (including phenoxy) is 1. The lowest BCUT2D eigenvalue weighted by molar-refractivity contribution is 0.340. The maximum Gasteiger partial charge on any atom is 0.120 e. The first kappa shape index (κ1) is 12.2. The average molecular weight is 257 g/mol. The molecule has 100 valence electrons. The Morgan fingerprint density at radius 2 is 2.11 bits per heavy atom. The van der Waals surface area contributed by atoms with Gasteiger partial charge in [0.1, 0.15) is 5.75 Å². The number of aromatic nitrogens is 1. The van der Waals surface area contributed by atoms with Crippen molar-refractivity contribution in [2.24, 2.45) is 0 Å². The number of nitrogens with zero attached hydrogens (tertiary/aromatic N) is 2. The van der Waals surface area contributed by atoms with E-state index in [1.54, 1.807) is 0 Å². The Kier molecular flexibility index (Phi) is 3.51. The van der Waals surface area contributed by atoms with Gasteiger partial charge in [-0.3, -0.25) is 4.98 Å². The highest BCUT2D eigenvalue weighted by molar-refractivity contribution is 5.92. The molecular formula is C15H19N3O. The third kappa shape index (κ3) is 2.49. The van der Waals surface area contributed by atoms with E-state index >= 15 is 0 Å². The monoisotopic (exact) mass is 257 g/mol. The molecule has 0 atom stereocenters. The molecule has 1 aromatic carbocycles.